The zero-order valence-electron chi connectivity index (χ0n) is 8.78. The molecule has 0 atom stereocenters. The summed E-state index contributed by atoms with van der Waals surface area (Å²) in [6.45, 7) is 1.69. The monoisotopic (exact) mass is 269 g/mol. The third-order valence-corrected chi connectivity index (χ3v) is 2.81. The van der Waals surface area contributed by atoms with Crippen LogP contribution in [0.2, 0.25) is 0 Å². The Labute approximate surface area is 96.2 Å². The molecule has 17 heavy (non-hydrogen) atoms. The SMILES string of the molecule is CCOc1ccc(C(F)(F)F)cc1S(N)(=O)=O. The summed E-state index contributed by atoms with van der Waals surface area (Å²) in [6.07, 6.45) is -4.63. The lowest BCUT2D eigenvalue weighted by atomic mass is 10.2. The Bertz CT molecular complexity index is 511. The molecule has 0 spiro atoms. The lowest BCUT2D eigenvalue weighted by Crippen LogP contribution is -2.16. The highest BCUT2D eigenvalue weighted by Gasteiger charge is 2.32. The molecule has 0 saturated heterocycles. The van der Waals surface area contributed by atoms with E-state index in [0.29, 0.717) is 6.07 Å². The molecule has 2 N–H and O–H groups in total. The van der Waals surface area contributed by atoms with Gasteiger partial charge in [-0.3, -0.25) is 0 Å². The first-order valence-electron chi connectivity index (χ1n) is 4.53. The minimum absolute atomic E-state index is 0.119. The van der Waals surface area contributed by atoms with Crippen LogP contribution < -0.4 is 9.88 Å². The van der Waals surface area contributed by atoms with E-state index in [-0.39, 0.29) is 12.4 Å². The van der Waals surface area contributed by atoms with Gasteiger partial charge >= 0.3 is 6.18 Å². The van der Waals surface area contributed by atoms with Crippen molar-refractivity contribution < 1.29 is 26.3 Å². The minimum atomic E-state index is -4.63. The molecular formula is C9H10F3NO3S. The Hall–Kier alpha value is -1.28. The summed E-state index contributed by atoms with van der Waals surface area (Å²) < 4.78 is 64.4. The third kappa shape index (κ3) is 3.34. The first-order valence-corrected chi connectivity index (χ1v) is 6.07. The molecule has 0 bridgehead atoms. The van der Waals surface area contributed by atoms with Gasteiger partial charge in [-0.15, -0.1) is 0 Å². The number of primary sulfonamides is 1. The van der Waals surface area contributed by atoms with Gasteiger partial charge in [0.15, 0.2) is 0 Å². The third-order valence-electron chi connectivity index (χ3n) is 1.88. The van der Waals surface area contributed by atoms with Crippen LogP contribution in [0.5, 0.6) is 5.75 Å². The standard InChI is InChI=1S/C9H10F3NO3S/c1-2-16-7-4-3-6(9(10,11)12)5-8(7)17(13,14)15/h3-5H,2H2,1H3,(H2,13,14,15). The van der Waals surface area contributed by atoms with Gasteiger partial charge in [0.05, 0.1) is 12.2 Å². The molecule has 1 rings (SSSR count). The molecule has 0 unspecified atom stereocenters. The molecule has 96 valence electrons. The quantitative estimate of drug-likeness (QED) is 0.908. The zero-order chi connectivity index (χ0) is 13.3. The molecule has 0 amide bonds. The highest BCUT2D eigenvalue weighted by atomic mass is 32.2. The summed E-state index contributed by atoms with van der Waals surface area (Å²) in [5.41, 5.74) is -1.09. The van der Waals surface area contributed by atoms with Gasteiger partial charge in [0.1, 0.15) is 10.6 Å². The minimum Gasteiger partial charge on any atom is -0.492 e. The molecule has 0 aliphatic rings. The van der Waals surface area contributed by atoms with Crippen molar-refractivity contribution in [3.05, 3.63) is 23.8 Å². The number of rotatable bonds is 3. The Morgan fingerprint density at radius 3 is 2.35 bits per heavy atom. The highest BCUT2D eigenvalue weighted by molar-refractivity contribution is 7.89. The van der Waals surface area contributed by atoms with Crippen molar-refractivity contribution in [2.75, 3.05) is 6.61 Å². The second-order valence-electron chi connectivity index (χ2n) is 3.14. The molecule has 1 aromatic carbocycles. The molecule has 0 radical (unpaired) electrons. The lowest BCUT2D eigenvalue weighted by molar-refractivity contribution is -0.137. The van der Waals surface area contributed by atoms with Crippen LogP contribution in [0.1, 0.15) is 12.5 Å². The summed E-state index contributed by atoms with van der Waals surface area (Å²) in [5, 5.41) is 4.82. The number of hydrogen-bond donors (Lipinski definition) is 1. The summed E-state index contributed by atoms with van der Waals surface area (Å²) >= 11 is 0. The maximum Gasteiger partial charge on any atom is 0.416 e. The zero-order valence-corrected chi connectivity index (χ0v) is 9.60. The Morgan fingerprint density at radius 2 is 1.94 bits per heavy atom. The Kier molecular flexibility index (Phi) is 3.68. The van der Waals surface area contributed by atoms with E-state index in [1.165, 1.54) is 0 Å². The van der Waals surface area contributed by atoms with Crippen LogP contribution >= 0.6 is 0 Å². The molecule has 0 fully saturated rings. The molecule has 0 aliphatic heterocycles. The molecule has 0 heterocycles. The highest BCUT2D eigenvalue weighted by Crippen LogP contribution is 2.33. The predicted molar refractivity (Wildman–Crippen MR) is 54.0 cm³/mol. The second-order valence-corrected chi connectivity index (χ2v) is 4.67. The number of ether oxygens (including phenoxy) is 1. The van der Waals surface area contributed by atoms with Crippen molar-refractivity contribution >= 4 is 10.0 Å². The maximum absolute atomic E-state index is 12.4. The number of hydrogen-bond acceptors (Lipinski definition) is 3. The number of sulfonamides is 1. The van der Waals surface area contributed by atoms with Crippen molar-refractivity contribution in [1.29, 1.82) is 0 Å². The van der Waals surface area contributed by atoms with Crippen molar-refractivity contribution in [2.45, 2.75) is 18.0 Å². The largest absolute Gasteiger partial charge is 0.492 e. The topological polar surface area (TPSA) is 69.4 Å². The van der Waals surface area contributed by atoms with Crippen LogP contribution in [0.4, 0.5) is 13.2 Å². The number of alkyl halides is 3. The van der Waals surface area contributed by atoms with E-state index in [0.717, 1.165) is 12.1 Å². The second kappa shape index (κ2) is 4.53. The molecular weight excluding hydrogens is 259 g/mol. The van der Waals surface area contributed by atoms with E-state index in [1.54, 1.807) is 6.92 Å². The van der Waals surface area contributed by atoms with E-state index in [1.807, 2.05) is 0 Å². The lowest BCUT2D eigenvalue weighted by Gasteiger charge is -2.12. The molecule has 1 aromatic rings. The van der Waals surface area contributed by atoms with Gasteiger partial charge in [-0.2, -0.15) is 13.2 Å². The van der Waals surface area contributed by atoms with Crippen molar-refractivity contribution in [2.24, 2.45) is 5.14 Å². The van der Waals surface area contributed by atoms with Gasteiger partial charge in [-0.1, -0.05) is 0 Å². The maximum atomic E-state index is 12.4. The van der Waals surface area contributed by atoms with Gasteiger partial charge in [0.2, 0.25) is 10.0 Å². The predicted octanol–water partition coefficient (Wildman–Crippen LogP) is 1.75. The molecule has 0 aromatic heterocycles. The van der Waals surface area contributed by atoms with E-state index in [4.69, 9.17) is 9.88 Å². The molecule has 4 nitrogen and oxygen atoms in total. The smallest absolute Gasteiger partial charge is 0.416 e. The summed E-state index contributed by atoms with van der Waals surface area (Å²) in [6, 6.07) is 2.13. The molecule has 0 saturated carbocycles. The van der Waals surface area contributed by atoms with Crippen LogP contribution in [-0.4, -0.2) is 15.0 Å². The number of benzene rings is 1. The summed E-state index contributed by atoms with van der Waals surface area (Å²) in [5.74, 6) is -0.192. The van der Waals surface area contributed by atoms with Gasteiger partial charge in [0.25, 0.3) is 0 Å². The average molecular weight is 269 g/mol. The fraction of sp³-hybridized carbons (Fsp3) is 0.333. The molecule has 0 aliphatic carbocycles. The fourth-order valence-corrected chi connectivity index (χ4v) is 1.88. The van der Waals surface area contributed by atoms with Crippen LogP contribution in [0.25, 0.3) is 0 Å². The Morgan fingerprint density at radius 1 is 1.35 bits per heavy atom. The summed E-state index contributed by atoms with van der Waals surface area (Å²) in [7, 11) is -4.26. The number of halogens is 3. The van der Waals surface area contributed by atoms with Gasteiger partial charge in [0, 0.05) is 0 Å². The van der Waals surface area contributed by atoms with E-state index in [2.05, 4.69) is 0 Å². The van der Waals surface area contributed by atoms with Crippen LogP contribution in [-0.2, 0) is 16.2 Å². The van der Waals surface area contributed by atoms with E-state index >= 15 is 0 Å². The van der Waals surface area contributed by atoms with Gasteiger partial charge in [-0.25, -0.2) is 13.6 Å². The fourth-order valence-electron chi connectivity index (χ4n) is 1.18. The molecule has 8 heteroatoms. The van der Waals surface area contributed by atoms with E-state index in [9.17, 15) is 21.6 Å². The van der Waals surface area contributed by atoms with E-state index < -0.39 is 26.7 Å². The van der Waals surface area contributed by atoms with Crippen molar-refractivity contribution in [3.63, 3.8) is 0 Å². The van der Waals surface area contributed by atoms with Gasteiger partial charge < -0.3 is 4.74 Å². The normalized spacial score (nSPS) is 12.5. The van der Waals surface area contributed by atoms with Crippen LogP contribution in [0.15, 0.2) is 23.1 Å². The number of nitrogens with two attached hydrogens (primary N) is 1. The van der Waals surface area contributed by atoms with Crippen molar-refractivity contribution in [1.82, 2.24) is 0 Å². The Balaban J connectivity index is 3.40. The van der Waals surface area contributed by atoms with Gasteiger partial charge in [-0.05, 0) is 25.1 Å². The first kappa shape index (κ1) is 13.8. The average Bonchev–Trinajstić information content (AvgIpc) is 2.15. The summed E-state index contributed by atoms with van der Waals surface area (Å²) in [4.78, 5) is -0.672. The van der Waals surface area contributed by atoms with Crippen LogP contribution in [0, 0.1) is 0 Å². The van der Waals surface area contributed by atoms with Crippen molar-refractivity contribution in [3.8, 4) is 5.75 Å². The van der Waals surface area contributed by atoms with Crippen LogP contribution in [0.3, 0.4) is 0 Å². The first-order chi connectivity index (χ1) is 7.66.